The minimum atomic E-state index is -0.369. The van der Waals surface area contributed by atoms with Crippen LogP contribution in [-0.2, 0) is 28.9 Å². The summed E-state index contributed by atoms with van der Waals surface area (Å²) in [6.45, 7) is 2.13. The van der Waals surface area contributed by atoms with E-state index < -0.39 is 0 Å². The molecule has 0 aliphatic heterocycles. The lowest BCUT2D eigenvalue weighted by Gasteiger charge is -2.12. The van der Waals surface area contributed by atoms with Crippen molar-refractivity contribution in [1.29, 1.82) is 0 Å². The topological polar surface area (TPSA) is 86.1 Å². The summed E-state index contributed by atoms with van der Waals surface area (Å²) in [5.74, 6) is -0.595. The van der Waals surface area contributed by atoms with Gasteiger partial charge in [-0.1, -0.05) is 28.1 Å². The van der Waals surface area contributed by atoms with Crippen molar-refractivity contribution in [2.45, 2.75) is 39.2 Å². The number of thiophene rings is 1. The minimum Gasteiger partial charge on any atom is -0.462 e. The molecule has 0 saturated heterocycles. The maximum atomic E-state index is 13.4. The van der Waals surface area contributed by atoms with Crippen molar-refractivity contribution < 1.29 is 14.3 Å². The third kappa shape index (κ3) is 3.96. The first-order valence-corrected chi connectivity index (χ1v) is 13.6. The monoisotopic (exact) mass is 562 g/mol. The summed E-state index contributed by atoms with van der Waals surface area (Å²) in [7, 11) is 0. The van der Waals surface area contributed by atoms with Crippen molar-refractivity contribution in [2.24, 2.45) is 0 Å². The molecule has 6 rings (SSSR count). The number of carbonyl (C=O) groups excluding carboxylic acids is 2. The third-order valence-electron chi connectivity index (χ3n) is 6.52. The standard InChI is InChI=1S/C27H23BrN4O3S/c1-2-35-27(34)23-16-7-3-6-10-21(16)36-26(23)31-22(33)14-32-20-12-11-15(28)13-17(20)24-25(32)30-19-9-5-4-8-18(19)29-24/h4-5,8-9,11-13H,2-3,6-7,10,14H2,1H3,(H,31,33). The quantitative estimate of drug-likeness (QED) is 0.255. The molecule has 0 unspecified atom stereocenters. The average Bonchev–Trinajstić information content (AvgIpc) is 3.37. The van der Waals surface area contributed by atoms with Crippen molar-refractivity contribution in [3.05, 3.63) is 62.9 Å². The van der Waals surface area contributed by atoms with Crippen LogP contribution in [-0.4, -0.2) is 33.0 Å². The molecule has 0 saturated carbocycles. The molecule has 3 aromatic heterocycles. The summed E-state index contributed by atoms with van der Waals surface area (Å²) >= 11 is 5.05. The molecule has 1 aliphatic rings. The van der Waals surface area contributed by atoms with E-state index in [1.54, 1.807) is 6.92 Å². The Hall–Kier alpha value is -3.30. The van der Waals surface area contributed by atoms with E-state index in [1.165, 1.54) is 16.2 Å². The molecule has 7 nitrogen and oxygen atoms in total. The van der Waals surface area contributed by atoms with Crippen LogP contribution in [0, 0.1) is 0 Å². The number of hydrogen-bond donors (Lipinski definition) is 1. The molecule has 36 heavy (non-hydrogen) atoms. The van der Waals surface area contributed by atoms with Gasteiger partial charge in [-0.15, -0.1) is 11.3 Å². The maximum absolute atomic E-state index is 13.4. The predicted octanol–water partition coefficient (Wildman–Crippen LogP) is 6.26. The molecule has 5 aromatic rings. The van der Waals surface area contributed by atoms with Crippen LogP contribution in [0.2, 0.25) is 0 Å². The van der Waals surface area contributed by atoms with Crippen molar-refractivity contribution in [3.8, 4) is 0 Å². The number of carbonyl (C=O) groups is 2. The Balaban J connectivity index is 1.41. The van der Waals surface area contributed by atoms with Crippen LogP contribution in [0.5, 0.6) is 0 Å². The van der Waals surface area contributed by atoms with Gasteiger partial charge in [0.1, 0.15) is 17.1 Å². The average molecular weight is 563 g/mol. The Morgan fingerprint density at radius 3 is 2.69 bits per heavy atom. The lowest BCUT2D eigenvalue weighted by molar-refractivity contribution is -0.116. The van der Waals surface area contributed by atoms with Crippen LogP contribution < -0.4 is 5.32 Å². The zero-order chi connectivity index (χ0) is 24.8. The zero-order valence-electron chi connectivity index (χ0n) is 19.6. The number of esters is 1. The fourth-order valence-electron chi connectivity index (χ4n) is 4.95. The van der Waals surface area contributed by atoms with Gasteiger partial charge >= 0.3 is 5.97 Å². The second-order valence-corrected chi connectivity index (χ2v) is 10.8. The third-order valence-corrected chi connectivity index (χ3v) is 8.22. The highest BCUT2D eigenvalue weighted by molar-refractivity contribution is 9.10. The number of aromatic nitrogens is 3. The molecule has 1 amide bonds. The molecule has 1 N–H and O–H groups in total. The maximum Gasteiger partial charge on any atom is 0.341 e. The molecule has 0 spiro atoms. The number of para-hydroxylation sites is 2. The molecule has 0 fully saturated rings. The summed E-state index contributed by atoms with van der Waals surface area (Å²) in [4.78, 5) is 37.1. The highest BCUT2D eigenvalue weighted by atomic mass is 79.9. The predicted molar refractivity (Wildman–Crippen MR) is 146 cm³/mol. The van der Waals surface area contributed by atoms with Crippen molar-refractivity contribution in [2.75, 3.05) is 11.9 Å². The van der Waals surface area contributed by atoms with Crippen molar-refractivity contribution in [1.82, 2.24) is 14.5 Å². The Morgan fingerprint density at radius 2 is 1.89 bits per heavy atom. The van der Waals surface area contributed by atoms with Crippen LogP contribution in [0.1, 0.15) is 40.6 Å². The van der Waals surface area contributed by atoms with Gasteiger partial charge in [-0.25, -0.2) is 14.8 Å². The van der Waals surface area contributed by atoms with Crippen LogP contribution in [0.25, 0.3) is 33.1 Å². The number of halogens is 1. The van der Waals surface area contributed by atoms with E-state index in [-0.39, 0.29) is 18.4 Å². The van der Waals surface area contributed by atoms with Gasteiger partial charge in [-0.05, 0) is 68.5 Å². The van der Waals surface area contributed by atoms with Crippen molar-refractivity contribution >= 4 is 77.2 Å². The van der Waals surface area contributed by atoms with Crippen LogP contribution in [0.4, 0.5) is 5.00 Å². The van der Waals surface area contributed by atoms with Crippen LogP contribution in [0.15, 0.2) is 46.9 Å². The number of ether oxygens (including phenoxy) is 1. The summed E-state index contributed by atoms with van der Waals surface area (Å²) in [6.07, 6.45) is 3.88. The van der Waals surface area contributed by atoms with Gasteiger partial charge in [-0.3, -0.25) is 4.79 Å². The van der Waals surface area contributed by atoms with Crippen molar-refractivity contribution in [3.63, 3.8) is 0 Å². The van der Waals surface area contributed by atoms with E-state index in [0.29, 0.717) is 22.8 Å². The molecule has 2 aromatic carbocycles. The molecule has 0 atom stereocenters. The number of aryl methyl sites for hydroxylation is 1. The molecule has 3 heterocycles. The second-order valence-electron chi connectivity index (χ2n) is 8.82. The van der Waals surface area contributed by atoms with E-state index in [2.05, 4.69) is 21.2 Å². The Kier molecular flexibility index (Phi) is 5.97. The molecule has 0 bridgehead atoms. The van der Waals surface area contributed by atoms with Gasteiger partial charge in [0.25, 0.3) is 0 Å². The summed E-state index contributed by atoms with van der Waals surface area (Å²) in [6, 6.07) is 13.6. The number of benzene rings is 2. The van der Waals surface area contributed by atoms with Gasteiger partial charge < -0.3 is 14.6 Å². The molecule has 182 valence electrons. The van der Waals surface area contributed by atoms with Gasteiger partial charge in [0.2, 0.25) is 5.91 Å². The van der Waals surface area contributed by atoms with E-state index in [4.69, 9.17) is 14.7 Å². The normalized spacial score (nSPS) is 13.3. The number of hydrogen-bond acceptors (Lipinski definition) is 6. The van der Waals surface area contributed by atoms with E-state index in [1.807, 2.05) is 47.0 Å². The first kappa shape index (κ1) is 23.1. The van der Waals surface area contributed by atoms with E-state index in [9.17, 15) is 9.59 Å². The van der Waals surface area contributed by atoms with E-state index >= 15 is 0 Å². The van der Waals surface area contributed by atoms with Crippen LogP contribution >= 0.6 is 27.3 Å². The summed E-state index contributed by atoms with van der Waals surface area (Å²) in [5.41, 5.74) is 5.38. The first-order valence-electron chi connectivity index (χ1n) is 12.0. The Labute approximate surface area is 219 Å². The summed E-state index contributed by atoms with van der Waals surface area (Å²) in [5, 5.41) is 4.52. The van der Waals surface area contributed by atoms with Gasteiger partial charge in [-0.2, -0.15) is 0 Å². The van der Waals surface area contributed by atoms with Gasteiger partial charge in [0.15, 0.2) is 5.65 Å². The lowest BCUT2D eigenvalue weighted by atomic mass is 9.95. The largest absolute Gasteiger partial charge is 0.462 e. The first-order chi connectivity index (χ1) is 17.5. The summed E-state index contributed by atoms with van der Waals surface area (Å²) < 4.78 is 8.16. The van der Waals surface area contributed by atoms with Gasteiger partial charge in [0, 0.05) is 14.7 Å². The number of fused-ring (bicyclic) bond motifs is 5. The number of anilines is 1. The highest BCUT2D eigenvalue weighted by Gasteiger charge is 2.27. The Bertz CT molecular complexity index is 1670. The smallest absolute Gasteiger partial charge is 0.341 e. The lowest BCUT2D eigenvalue weighted by Crippen LogP contribution is -2.20. The van der Waals surface area contributed by atoms with Gasteiger partial charge in [0.05, 0.1) is 28.7 Å². The van der Waals surface area contributed by atoms with E-state index in [0.717, 1.165) is 63.2 Å². The van der Waals surface area contributed by atoms with Crippen LogP contribution in [0.3, 0.4) is 0 Å². The molecule has 1 aliphatic carbocycles. The SMILES string of the molecule is CCOC(=O)c1c(NC(=O)Cn2c3ccc(Br)cc3c3nc4ccccc4nc32)sc2c1CCCC2. The minimum absolute atomic E-state index is 0.0412. The second kappa shape index (κ2) is 9.29. The molecule has 0 radical (unpaired) electrons. The fraction of sp³-hybridized carbons (Fsp3) is 0.259. The number of amides is 1. The molecular formula is C27H23BrN4O3S. The molecule has 9 heteroatoms. The Morgan fingerprint density at radius 1 is 1.11 bits per heavy atom. The number of rotatable bonds is 5. The fourth-order valence-corrected chi connectivity index (χ4v) is 6.60. The number of nitrogens with one attached hydrogen (secondary N) is 1. The zero-order valence-corrected chi connectivity index (χ0v) is 22.0. The molecular weight excluding hydrogens is 540 g/mol. The highest BCUT2D eigenvalue weighted by Crippen LogP contribution is 2.39. The number of nitrogens with zero attached hydrogens (tertiary/aromatic N) is 3.